The van der Waals surface area contributed by atoms with Crippen molar-refractivity contribution in [1.82, 2.24) is 19.6 Å². The van der Waals surface area contributed by atoms with Crippen molar-refractivity contribution in [3.63, 3.8) is 0 Å². The van der Waals surface area contributed by atoms with Crippen LogP contribution in [0.5, 0.6) is 11.5 Å². The van der Waals surface area contributed by atoms with Gasteiger partial charge in [0.1, 0.15) is 12.7 Å². The zero-order valence-electron chi connectivity index (χ0n) is 18.6. The molecule has 1 atom stereocenters. The van der Waals surface area contributed by atoms with Crippen LogP contribution in [0.4, 0.5) is 0 Å². The number of likely N-dealkylation sites (N-methyl/N-ethyl adjacent to an activating group) is 2. The van der Waals surface area contributed by atoms with Crippen LogP contribution >= 0.6 is 0 Å². The molecule has 7 heteroatoms. The van der Waals surface area contributed by atoms with E-state index < -0.39 is 6.10 Å². The molecule has 0 saturated carbocycles. The molecule has 162 valence electrons. The highest BCUT2D eigenvalue weighted by Crippen LogP contribution is 2.28. The molecule has 0 unspecified atom stereocenters. The molecule has 2 aromatic rings. The van der Waals surface area contributed by atoms with Gasteiger partial charge in [-0.05, 0) is 57.6 Å². The molecule has 1 N–H and O–H groups in total. The third-order valence-corrected chi connectivity index (χ3v) is 5.03. The summed E-state index contributed by atoms with van der Waals surface area (Å²) in [7, 11) is 7.68. The summed E-state index contributed by atoms with van der Waals surface area (Å²) >= 11 is 0. The molecule has 0 bridgehead atoms. The first-order chi connectivity index (χ1) is 13.8. The van der Waals surface area contributed by atoms with E-state index in [4.69, 9.17) is 9.47 Å². The first kappa shape index (κ1) is 23.2. The molecule has 7 nitrogen and oxygen atoms in total. The van der Waals surface area contributed by atoms with Crippen LogP contribution in [0.3, 0.4) is 0 Å². The van der Waals surface area contributed by atoms with Gasteiger partial charge in [0.05, 0.1) is 13.3 Å². The number of hydrogen-bond donors (Lipinski definition) is 1. The maximum absolute atomic E-state index is 10.2. The predicted molar refractivity (Wildman–Crippen MR) is 116 cm³/mol. The van der Waals surface area contributed by atoms with Gasteiger partial charge in [0, 0.05) is 38.9 Å². The maximum Gasteiger partial charge on any atom is 0.161 e. The summed E-state index contributed by atoms with van der Waals surface area (Å²) in [4.78, 5) is 4.36. The van der Waals surface area contributed by atoms with Crippen LogP contribution in [-0.2, 0) is 20.0 Å². The summed E-state index contributed by atoms with van der Waals surface area (Å²) in [5.41, 5.74) is 2.39. The fraction of sp³-hybridized carbons (Fsp3) is 0.591. The van der Waals surface area contributed by atoms with Gasteiger partial charge in [-0.1, -0.05) is 6.07 Å². The first-order valence-electron chi connectivity index (χ1n) is 10.1. The highest BCUT2D eigenvalue weighted by atomic mass is 16.5. The number of nitrogens with zero attached hydrogens (tertiary/aromatic N) is 4. The molecule has 0 aliphatic rings. The minimum absolute atomic E-state index is 0.234. The van der Waals surface area contributed by atoms with Crippen molar-refractivity contribution in [2.45, 2.75) is 39.0 Å². The van der Waals surface area contributed by atoms with E-state index in [1.807, 2.05) is 43.2 Å². The summed E-state index contributed by atoms with van der Waals surface area (Å²) in [6, 6.07) is 6.35. The molecule has 0 aliphatic heterocycles. The lowest BCUT2D eigenvalue weighted by Crippen LogP contribution is -2.36. The van der Waals surface area contributed by atoms with Crippen molar-refractivity contribution in [3.05, 3.63) is 41.7 Å². The van der Waals surface area contributed by atoms with Crippen molar-refractivity contribution >= 4 is 0 Å². The zero-order chi connectivity index (χ0) is 21.4. The Balaban J connectivity index is 1.86. The fourth-order valence-corrected chi connectivity index (χ4v) is 3.02. The number of aliphatic hydroxyl groups is 1. The van der Waals surface area contributed by atoms with E-state index in [1.165, 1.54) is 5.56 Å². The van der Waals surface area contributed by atoms with E-state index in [9.17, 15) is 5.11 Å². The summed E-state index contributed by atoms with van der Waals surface area (Å²) < 4.78 is 13.1. The minimum atomic E-state index is -0.551. The van der Waals surface area contributed by atoms with Gasteiger partial charge in [0.2, 0.25) is 0 Å². The van der Waals surface area contributed by atoms with Crippen LogP contribution in [0.1, 0.15) is 25.0 Å². The molecule has 1 heterocycles. The lowest BCUT2D eigenvalue weighted by atomic mass is 10.1. The Kier molecular flexibility index (Phi) is 8.95. The molecule has 29 heavy (non-hydrogen) atoms. The molecule has 0 saturated heterocycles. The van der Waals surface area contributed by atoms with Crippen LogP contribution in [0, 0.1) is 0 Å². The second kappa shape index (κ2) is 11.2. The molecule has 0 fully saturated rings. The molecular weight excluding hydrogens is 368 g/mol. The Bertz CT molecular complexity index is 747. The molecule has 2 rings (SSSR count). The largest absolute Gasteiger partial charge is 0.493 e. The van der Waals surface area contributed by atoms with Crippen LogP contribution < -0.4 is 9.47 Å². The second-order valence-corrected chi connectivity index (χ2v) is 7.99. The van der Waals surface area contributed by atoms with Gasteiger partial charge in [-0.2, -0.15) is 5.10 Å². The monoisotopic (exact) mass is 404 g/mol. The molecule has 0 spiro atoms. The lowest BCUT2D eigenvalue weighted by Gasteiger charge is -2.24. The van der Waals surface area contributed by atoms with Crippen LogP contribution in [0.25, 0.3) is 0 Å². The average Bonchev–Trinajstić information content (AvgIpc) is 3.10. The van der Waals surface area contributed by atoms with Gasteiger partial charge in [0.15, 0.2) is 11.5 Å². The predicted octanol–water partition coefficient (Wildman–Crippen LogP) is 2.18. The average molecular weight is 405 g/mol. The van der Waals surface area contributed by atoms with Gasteiger partial charge in [-0.15, -0.1) is 0 Å². The molecule has 1 aromatic carbocycles. The van der Waals surface area contributed by atoms with E-state index in [0.29, 0.717) is 24.1 Å². The Hall–Kier alpha value is -2.09. The maximum atomic E-state index is 10.2. The SMILES string of the molecule is COc1cc(CN(C)CCc2cnn(C)c2)ccc1OC[C@H](O)CN(C)C(C)C. The normalized spacial score (nSPS) is 12.8. The minimum Gasteiger partial charge on any atom is -0.493 e. The Morgan fingerprint density at radius 3 is 2.55 bits per heavy atom. The van der Waals surface area contributed by atoms with E-state index in [-0.39, 0.29) is 6.61 Å². The number of rotatable bonds is 12. The van der Waals surface area contributed by atoms with E-state index in [1.54, 1.807) is 7.11 Å². The number of aromatic nitrogens is 2. The van der Waals surface area contributed by atoms with Crippen molar-refractivity contribution in [2.24, 2.45) is 7.05 Å². The number of aliphatic hydroxyl groups excluding tert-OH is 1. The van der Waals surface area contributed by atoms with Crippen molar-refractivity contribution in [2.75, 3.05) is 40.9 Å². The number of ether oxygens (including phenoxy) is 2. The number of benzene rings is 1. The van der Waals surface area contributed by atoms with E-state index >= 15 is 0 Å². The first-order valence-corrected chi connectivity index (χ1v) is 10.1. The third-order valence-electron chi connectivity index (χ3n) is 5.03. The second-order valence-electron chi connectivity index (χ2n) is 7.99. The summed E-state index contributed by atoms with van der Waals surface area (Å²) in [5.74, 6) is 1.34. The Labute approximate surface area is 174 Å². The van der Waals surface area contributed by atoms with Gasteiger partial charge in [-0.3, -0.25) is 4.68 Å². The number of hydrogen-bond acceptors (Lipinski definition) is 6. The van der Waals surface area contributed by atoms with Gasteiger partial charge in [0.25, 0.3) is 0 Å². The quantitative estimate of drug-likeness (QED) is 0.585. The summed E-state index contributed by atoms with van der Waals surface area (Å²) in [6.07, 6.45) is 4.38. The molecule has 1 aromatic heterocycles. The number of aryl methyl sites for hydroxylation is 1. The van der Waals surface area contributed by atoms with E-state index in [2.05, 4.69) is 42.0 Å². The number of methoxy groups -OCH3 is 1. The smallest absolute Gasteiger partial charge is 0.161 e. The Morgan fingerprint density at radius 2 is 1.93 bits per heavy atom. The van der Waals surface area contributed by atoms with Gasteiger partial charge >= 0.3 is 0 Å². The van der Waals surface area contributed by atoms with Gasteiger partial charge < -0.3 is 24.4 Å². The molecular formula is C22H36N4O3. The molecule has 0 amide bonds. The zero-order valence-corrected chi connectivity index (χ0v) is 18.6. The van der Waals surface area contributed by atoms with Crippen molar-refractivity contribution in [1.29, 1.82) is 0 Å². The lowest BCUT2D eigenvalue weighted by molar-refractivity contribution is 0.0668. The van der Waals surface area contributed by atoms with Gasteiger partial charge in [-0.25, -0.2) is 0 Å². The topological polar surface area (TPSA) is 63.0 Å². The summed E-state index contributed by atoms with van der Waals surface area (Å²) in [5, 5.41) is 14.4. The van der Waals surface area contributed by atoms with Crippen molar-refractivity contribution in [3.8, 4) is 11.5 Å². The fourth-order valence-electron chi connectivity index (χ4n) is 3.02. The third kappa shape index (κ3) is 7.68. The Morgan fingerprint density at radius 1 is 1.17 bits per heavy atom. The van der Waals surface area contributed by atoms with Crippen LogP contribution in [0.15, 0.2) is 30.6 Å². The van der Waals surface area contributed by atoms with Crippen LogP contribution in [0.2, 0.25) is 0 Å². The highest BCUT2D eigenvalue weighted by Gasteiger charge is 2.14. The molecule has 0 radical (unpaired) electrons. The standard InChI is InChI=1S/C22H36N4O3/c1-17(2)25(4)15-20(27)16-29-21-8-7-18(11-22(21)28-6)13-24(3)10-9-19-12-23-26(5)14-19/h7-8,11-12,14,17,20,27H,9-10,13,15-16H2,1-6H3/t20-/m1/s1. The molecule has 0 aliphatic carbocycles. The van der Waals surface area contributed by atoms with E-state index in [0.717, 1.165) is 25.1 Å². The van der Waals surface area contributed by atoms with Crippen LogP contribution in [-0.4, -0.2) is 77.7 Å². The van der Waals surface area contributed by atoms with Crippen molar-refractivity contribution < 1.29 is 14.6 Å². The highest BCUT2D eigenvalue weighted by molar-refractivity contribution is 5.43. The summed E-state index contributed by atoms with van der Waals surface area (Å²) in [6.45, 7) is 6.77.